The van der Waals surface area contributed by atoms with Crippen LogP contribution in [0.4, 0.5) is 0 Å². The fourth-order valence-corrected chi connectivity index (χ4v) is 2.11. The monoisotopic (exact) mass is 237 g/mol. The molecule has 96 valence electrons. The van der Waals surface area contributed by atoms with Gasteiger partial charge >= 0.3 is 5.69 Å². The van der Waals surface area contributed by atoms with Crippen LogP contribution >= 0.6 is 0 Å². The van der Waals surface area contributed by atoms with Crippen molar-refractivity contribution in [1.82, 2.24) is 14.5 Å². The molecule has 0 amide bonds. The van der Waals surface area contributed by atoms with Crippen molar-refractivity contribution in [2.45, 2.75) is 57.7 Å². The third-order valence-corrected chi connectivity index (χ3v) is 3.59. The molecule has 1 atom stereocenters. The fourth-order valence-electron chi connectivity index (χ4n) is 2.11. The topological polar surface area (TPSA) is 39.0 Å². The van der Waals surface area contributed by atoms with Crippen LogP contribution < -0.4 is 11.0 Å². The average molecular weight is 237 g/mol. The molecule has 0 bridgehead atoms. The first-order valence-corrected chi connectivity index (χ1v) is 6.67. The van der Waals surface area contributed by atoms with Crippen molar-refractivity contribution in [2.24, 2.45) is 0 Å². The van der Waals surface area contributed by atoms with Crippen LogP contribution in [0, 0.1) is 0 Å². The summed E-state index contributed by atoms with van der Waals surface area (Å²) in [6.45, 7) is 3.05. The normalized spacial score (nSPS) is 17.3. The van der Waals surface area contributed by atoms with Gasteiger partial charge in [0.1, 0.15) is 0 Å². The lowest BCUT2D eigenvalue weighted by molar-refractivity contribution is 0.498. The first-order valence-electron chi connectivity index (χ1n) is 6.67. The molecule has 1 saturated carbocycles. The van der Waals surface area contributed by atoms with Crippen molar-refractivity contribution in [3.05, 3.63) is 22.9 Å². The molecule has 2 rings (SSSR count). The SMILES string of the molecule is CNC(C)CCCCn1ccn(C2CC2)c1=O. The number of imidazole rings is 1. The summed E-state index contributed by atoms with van der Waals surface area (Å²) >= 11 is 0. The zero-order valence-corrected chi connectivity index (χ0v) is 10.9. The van der Waals surface area contributed by atoms with Gasteiger partial charge < -0.3 is 5.32 Å². The van der Waals surface area contributed by atoms with Crippen LogP contribution in [-0.2, 0) is 6.54 Å². The second-order valence-corrected chi connectivity index (χ2v) is 5.10. The highest BCUT2D eigenvalue weighted by atomic mass is 16.1. The molecule has 4 heteroatoms. The van der Waals surface area contributed by atoms with E-state index in [-0.39, 0.29) is 5.69 Å². The molecule has 0 saturated heterocycles. The zero-order chi connectivity index (χ0) is 12.3. The Balaban J connectivity index is 1.77. The van der Waals surface area contributed by atoms with Crippen LogP contribution in [0.5, 0.6) is 0 Å². The Morgan fingerprint density at radius 3 is 2.82 bits per heavy atom. The molecule has 17 heavy (non-hydrogen) atoms. The van der Waals surface area contributed by atoms with Crippen LogP contribution in [0.1, 0.15) is 45.1 Å². The molecule has 1 fully saturated rings. The Bertz CT molecular complexity index is 403. The molecular weight excluding hydrogens is 214 g/mol. The third kappa shape index (κ3) is 3.22. The van der Waals surface area contributed by atoms with Crippen LogP contribution in [0.3, 0.4) is 0 Å². The summed E-state index contributed by atoms with van der Waals surface area (Å²) in [5, 5.41) is 3.23. The molecule has 4 nitrogen and oxygen atoms in total. The lowest BCUT2D eigenvalue weighted by Gasteiger charge is -2.09. The first-order chi connectivity index (χ1) is 8.22. The Morgan fingerprint density at radius 2 is 2.18 bits per heavy atom. The molecule has 1 heterocycles. The number of nitrogens with zero attached hydrogens (tertiary/aromatic N) is 2. The molecule has 1 unspecified atom stereocenters. The van der Waals surface area contributed by atoms with Crippen LogP contribution in [0.2, 0.25) is 0 Å². The van der Waals surface area contributed by atoms with Crippen molar-refractivity contribution in [1.29, 1.82) is 0 Å². The number of unbranched alkanes of at least 4 members (excludes halogenated alkanes) is 1. The van der Waals surface area contributed by atoms with Crippen LogP contribution in [0.15, 0.2) is 17.2 Å². The van der Waals surface area contributed by atoms with Crippen LogP contribution in [0.25, 0.3) is 0 Å². The Kier molecular flexibility index (Phi) is 4.05. The van der Waals surface area contributed by atoms with Crippen LogP contribution in [-0.4, -0.2) is 22.2 Å². The van der Waals surface area contributed by atoms with Gasteiger partial charge in [-0.05, 0) is 39.7 Å². The van der Waals surface area contributed by atoms with Gasteiger partial charge in [0.2, 0.25) is 0 Å². The lowest BCUT2D eigenvalue weighted by atomic mass is 10.1. The predicted octanol–water partition coefficient (Wildman–Crippen LogP) is 1.76. The lowest BCUT2D eigenvalue weighted by Crippen LogP contribution is -2.24. The zero-order valence-electron chi connectivity index (χ0n) is 10.9. The van der Waals surface area contributed by atoms with Gasteiger partial charge in [-0.15, -0.1) is 0 Å². The van der Waals surface area contributed by atoms with E-state index in [1.807, 2.05) is 28.6 Å². The van der Waals surface area contributed by atoms with Gasteiger partial charge in [0.15, 0.2) is 0 Å². The van der Waals surface area contributed by atoms with Gasteiger partial charge in [0, 0.05) is 31.0 Å². The van der Waals surface area contributed by atoms with Crippen molar-refractivity contribution in [3.8, 4) is 0 Å². The van der Waals surface area contributed by atoms with E-state index >= 15 is 0 Å². The quantitative estimate of drug-likeness (QED) is 0.734. The number of aromatic nitrogens is 2. The van der Waals surface area contributed by atoms with Gasteiger partial charge in [0.05, 0.1) is 0 Å². The van der Waals surface area contributed by atoms with Gasteiger partial charge in [-0.2, -0.15) is 0 Å². The number of hydrogen-bond acceptors (Lipinski definition) is 2. The van der Waals surface area contributed by atoms with E-state index in [4.69, 9.17) is 0 Å². The Hall–Kier alpha value is -1.03. The van der Waals surface area contributed by atoms with Crippen molar-refractivity contribution >= 4 is 0 Å². The van der Waals surface area contributed by atoms with E-state index in [2.05, 4.69) is 12.2 Å². The standard InChI is InChI=1S/C13H23N3O/c1-11(14-2)5-3-4-8-15-9-10-16(13(15)17)12-6-7-12/h9-12,14H,3-8H2,1-2H3. The first kappa shape index (κ1) is 12.4. The molecule has 1 aliphatic carbocycles. The minimum absolute atomic E-state index is 0.175. The largest absolute Gasteiger partial charge is 0.328 e. The van der Waals surface area contributed by atoms with Gasteiger partial charge in [0.25, 0.3) is 0 Å². The summed E-state index contributed by atoms with van der Waals surface area (Å²) in [5.74, 6) is 0. The maximum atomic E-state index is 11.9. The van der Waals surface area contributed by atoms with E-state index in [0.29, 0.717) is 12.1 Å². The number of hydrogen-bond donors (Lipinski definition) is 1. The minimum atomic E-state index is 0.175. The van der Waals surface area contributed by atoms with Crippen molar-refractivity contribution in [3.63, 3.8) is 0 Å². The van der Waals surface area contributed by atoms with E-state index in [9.17, 15) is 4.79 Å². The van der Waals surface area contributed by atoms with E-state index < -0.39 is 0 Å². The smallest absolute Gasteiger partial charge is 0.317 e. The minimum Gasteiger partial charge on any atom is -0.317 e. The summed E-state index contributed by atoms with van der Waals surface area (Å²) in [6.07, 6.45) is 9.64. The molecule has 1 aromatic rings. The van der Waals surface area contributed by atoms with Crippen molar-refractivity contribution < 1.29 is 0 Å². The van der Waals surface area contributed by atoms with Crippen molar-refractivity contribution in [2.75, 3.05) is 7.05 Å². The summed E-state index contributed by atoms with van der Waals surface area (Å²) in [7, 11) is 1.99. The molecule has 0 aromatic carbocycles. The van der Waals surface area contributed by atoms with E-state index in [1.54, 1.807) is 0 Å². The molecule has 1 aromatic heterocycles. The fraction of sp³-hybridized carbons (Fsp3) is 0.769. The van der Waals surface area contributed by atoms with Gasteiger partial charge in [-0.1, -0.05) is 6.42 Å². The van der Waals surface area contributed by atoms with E-state index in [0.717, 1.165) is 13.0 Å². The van der Waals surface area contributed by atoms with Gasteiger partial charge in [-0.25, -0.2) is 4.79 Å². The summed E-state index contributed by atoms with van der Waals surface area (Å²) in [6, 6.07) is 1.07. The van der Waals surface area contributed by atoms with Gasteiger partial charge in [-0.3, -0.25) is 9.13 Å². The number of aryl methyl sites for hydroxylation is 1. The Morgan fingerprint density at radius 1 is 1.41 bits per heavy atom. The number of nitrogens with one attached hydrogen (secondary N) is 1. The van der Waals surface area contributed by atoms with E-state index in [1.165, 1.54) is 25.7 Å². The predicted molar refractivity (Wildman–Crippen MR) is 69.3 cm³/mol. The second-order valence-electron chi connectivity index (χ2n) is 5.10. The third-order valence-electron chi connectivity index (χ3n) is 3.59. The highest BCUT2D eigenvalue weighted by molar-refractivity contribution is 4.91. The molecular formula is C13H23N3O. The second kappa shape index (κ2) is 5.54. The molecule has 1 aliphatic rings. The molecule has 0 spiro atoms. The summed E-state index contributed by atoms with van der Waals surface area (Å²) in [5.41, 5.74) is 0.175. The highest BCUT2D eigenvalue weighted by Gasteiger charge is 2.25. The summed E-state index contributed by atoms with van der Waals surface area (Å²) < 4.78 is 3.73. The maximum absolute atomic E-state index is 11.9. The Labute approximate surface area is 103 Å². The summed E-state index contributed by atoms with van der Waals surface area (Å²) in [4.78, 5) is 11.9. The molecule has 0 radical (unpaired) electrons. The number of rotatable bonds is 7. The maximum Gasteiger partial charge on any atom is 0.328 e. The molecule has 0 aliphatic heterocycles. The molecule has 1 N–H and O–H groups in total. The highest BCUT2D eigenvalue weighted by Crippen LogP contribution is 2.33. The average Bonchev–Trinajstić information content (AvgIpc) is 3.10.